The Kier molecular flexibility index (Phi) is 8.54. The average Bonchev–Trinajstić information content (AvgIpc) is 2.68. The van der Waals surface area contributed by atoms with Crippen molar-refractivity contribution in [3.63, 3.8) is 0 Å². The molecule has 2 fully saturated rings. The summed E-state index contributed by atoms with van der Waals surface area (Å²) in [5.41, 5.74) is 0. The van der Waals surface area contributed by atoms with E-state index in [9.17, 15) is 13.2 Å². The molecule has 8 heteroatoms. The third-order valence-electron chi connectivity index (χ3n) is 5.45. The fourth-order valence-corrected chi connectivity index (χ4v) is 5.12. The fraction of sp³-hybridized carbons (Fsp3) is 0.632. The molecule has 27 heavy (non-hydrogen) atoms. The first-order chi connectivity index (χ1) is 12.5. The number of hydrogen-bond donors (Lipinski definition) is 2. The standard InChI is InChI=1S/C19H29N3O3S.ClH/c23-19(7-6-16-8-12-20-13-9-16)22-14-10-17(11-15-22)21-26(24,25)18-4-2-1-3-5-18;/h1-5,16-17,20-21H,6-15H2;1H. The Bertz CT molecular complexity index is 685. The van der Waals surface area contributed by atoms with Crippen LogP contribution < -0.4 is 10.0 Å². The van der Waals surface area contributed by atoms with Crippen LogP contribution in [-0.2, 0) is 14.8 Å². The van der Waals surface area contributed by atoms with Crippen LogP contribution >= 0.6 is 12.4 Å². The highest BCUT2D eigenvalue weighted by Crippen LogP contribution is 2.20. The molecule has 0 spiro atoms. The van der Waals surface area contributed by atoms with Crippen molar-refractivity contribution in [3.05, 3.63) is 30.3 Å². The van der Waals surface area contributed by atoms with Crippen LogP contribution in [0.1, 0.15) is 38.5 Å². The van der Waals surface area contributed by atoms with Gasteiger partial charge >= 0.3 is 0 Å². The van der Waals surface area contributed by atoms with E-state index in [1.54, 1.807) is 30.3 Å². The number of halogens is 1. The third kappa shape index (κ3) is 6.45. The molecule has 1 amide bonds. The van der Waals surface area contributed by atoms with Crippen molar-refractivity contribution in [1.82, 2.24) is 14.9 Å². The van der Waals surface area contributed by atoms with Crippen LogP contribution in [-0.4, -0.2) is 51.4 Å². The minimum atomic E-state index is -3.48. The van der Waals surface area contributed by atoms with E-state index in [4.69, 9.17) is 0 Å². The number of carbonyl (C=O) groups is 1. The Morgan fingerprint density at radius 1 is 1.07 bits per heavy atom. The molecule has 2 saturated heterocycles. The maximum Gasteiger partial charge on any atom is 0.240 e. The minimum Gasteiger partial charge on any atom is -0.343 e. The summed E-state index contributed by atoms with van der Waals surface area (Å²) in [6, 6.07) is 8.33. The van der Waals surface area contributed by atoms with E-state index in [0.29, 0.717) is 43.2 Å². The third-order valence-corrected chi connectivity index (χ3v) is 6.98. The van der Waals surface area contributed by atoms with Gasteiger partial charge in [0.1, 0.15) is 0 Å². The fourth-order valence-electron chi connectivity index (χ4n) is 3.79. The molecule has 0 aliphatic carbocycles. The molecular weight excluding hydrogens is 386 g/mol. The normalized spacial score (nSPS) is 19.5. The summed E-state index contributed by atoms with van der Waals surface area (Å²) in [7, 11) is -3.48. The SMILES string of the molecule is Cl.O=C(CCC1CCNCC1)N1CCC(NS(=O)(=O)c2ccccc2)CC1. The zero-order valence-corrected chi connectivity index (χ0v) is 17.2. The number of piperidine rings is 2. The smallest absolute Gasteiger partial charge is 0.240 e. The summed E-state index contributed by atoms with van der Waals surface area (Å²) in [6.07, 6.45) is 5.26. The van der Waals surface area contributed by atoms with E-state index in [-0.39, 0.29) is 24.4 Å². The molecule has 0 saturated carbocycles. The van der Waals surface area contributed by atoms with Crippen molar-refractivity contribution >= 4 is 28.3 Å². The van der Waals surface area contributed by atoms with Gasteiger partial charge in [0.05, 0.1) is 4.90 Å². The van der Waals surface area contributed by atoms with Crippen LogP contribution in [0.4, 0.5) is 0 Å². The van der Waals surface area contributed by atoms with Crippen molar-refractivity contribution in [2.24, 2.45) is 5.92 Å². The maximum atomic E-state index is 12.4. The van der Waals surface area contributed by atoms with Gasteiger partial charge in [0.25, 0.3) is 0 Å². The van der Waals surface area contributed by atoms with E-state index < -0.39 is 10.0 Å². The van der Waals surface area contributed by atoms with Gasteiger partial charge < -0.3 is 10.2 Å². The Morgan fingerprint density at radius 2 is 1.70 bits per heavy atom. The summed E-state index contributed by atoms with van der Waals surface area (Å²) < 4.78 is 27.6. The van der Waals surface area contributed by atoms with Crippen LogP contribution in [0.2, 0.25) is 0 Å². The summed E-state index contributed by atoms with van der Waals surface area (Å²) in [4.78, 5) is 14.6. The average molecular weight is 416 g/mol. The van der Waals surface area contributed by atoms with Crippen LogP contribution in [0, 0.1) is 5.92 Å². The Morgan fingerprint density at radius 3 is 2.33 bits per heavy atom. The van der Waals surface area contributed by atoms with E-state index in [0.717, 1.165) is 32.4 Å². The first-order valence-corrected chi connectivity index (χ1v) is 11.1. The molecule has 3 rings (SSSR count). The lowest BCUT2D eigenvalue weighted by atomic mass is 9.93. The van der Waals surface area contributed by atoms with Gasteiger partial charge in [-0.05, 0) is 63.2 Å². The van der Waals surface area contributed by atoms with Gasteiger partial charge in [-0.15, -0.1) is 12.4 Å². The predicted octanol–water partition coefficient (Wildman–Crippen LogP) is 2.16. The Balaban J connectivity index is 0.00000261. The maximum absolute atomic E-state index is 12.4. The second kappa shape index (κ2) is 10.4. The Labute approximate surface area is 168 Å². The van der Waals surface area contributed by atoms with Gasteiger partial charge in [-0.2, -0.15) is 0 Å². The van der Waals surface area contributed by atoms with Gasteiger partial charge in [0.15, 0.2) is 0 Å². The highest BCUT2D eigenvalue weighted by atomic mass is 35.5. The second-order valence-electron chi connectivity index (χ2n) is 7.32. The number of hydrogen-bond acceptors (Lipinski definition) is 4. The predicted molar refractivity (Wildman–Crippen MR) is 108 cm³/mol. The van der Waals surface area contributed by atoms with Gasteiger partial charge in [0.2, 0.25) is 15.9 Å². The van der Waals surface area contributed by atoms with Crippen molar-refractivity contribution in [2.45, 2.75) is 49.5 Å². The molecule has 0 aromatic heterocycles. The van der Waals surface area contributed by atoms with E-state index in [2.05, 4.69) is 10.0 Å². The van der Waals surface area contributed by atoms with E-state index in [1.807, 2.05) is 4.90 Å². The molecule has 6 nitrogen and oxygen atoms in total. The highest BCUT2D eigenvalue weighted by Gasteiger charge is 2.27. The monoisotopic (exact) mass is 415 g/mol. The first kappa shape index (κ1) is 22.1. The van der Waals surface area contributed by atoms with E-state index >= 15 is 0 Å². The molecule has 0 atom stereocenters. The highest BCUT2D eigenvalue weighted by molar-refractivity contribution is 7.89. The number of sulfonamides is 1. The van der Waals surface area contributed by atoms with Crippen molar-refractivity contribution in [2.75, 3.05) is 26.2 Å². The van der Waals surface area contributed by atoms with Crippen molar-refractivity contribution in [3.8, 4) is 0 Å². The number of nitrogens with zero attached hydrogens (tertiary/aromatic N) is 1. The first-order valence-electron chi connectivity index (χ1n) is 9.60. The van der Waals surface area contributed by atoms with Crippen molar-refractivity contribution in [1.29, 1.82) is 0 Å². The van der Waals surface area contributed by atoms with Gasteiger partial charge in [-0.25, -0.2) is 13.1 Å². The minimum absolute atomic E-state index is 0. The van der Waals surface area contributed by atoms with Crippen LogP contribution in [0.3, 0.4) is 0 Å². The summed E-state index contributed by atoms with van der Waals surface area (Å²) in [6.45, 7) is 3.39. The molecule has 0 bridgehead atoms. The van der Waals surface area contributed by atoms with Crippen LogP contribution in [0.15, 0.2) is 35.2 Å². The van der Waals surface area contributed by atoms with E-state index in [1.165, 1.54) is 0 Å². The molecule has 1 aromatic carbocycles. The summed E-state index contributed by atoms with van der Waals surface area (Å²) in [5, 5.41) is 3.35. The molecule has 0 unspecified atom stereocenters. The van der Waals surface area contributed by atoms with Gasteiger partial charge in [0, 0.05) is 25.6 Å². The van der Waals surface area contributed by atoms with Crippen molar-refractivity contribution < 1.29 is 13.2 Å². The molecule has 2 aliphatic rings. The Hall–Kier alpha value is -1.15. The second-order valence-corrected chi connectivity index (χ2v) is 9.04. The summed E-state index contributed by atoms with van der Waals surface area (Å²) >= 11 is 0. The van der Waals surface area contributed by atoms with Crippen LogP contribution in [0.5, 0.6) is 0 Å². The largest absolute Gasteiger partial charge is 0.343 e. The van der Waals surface area contributed by atoms with Gasteiger partial charge in [-0.1, -0.05) is 18.2 Å². The topological polar surface area (TPSA) is 78.5 Å². The zero-order valence-electron chi connectivity index (χ0n) is 15.6. The molecule has 2 heterocycles. The number of benzene rings is 1. The molecule has 2 aliphatic heterocycles. The lowest BCUT2D eigenvalue weighted by molar-refractivity contribution is -0.132. The number of likely N-dealkylation sites (tertiary alicyclic amines) is 1. The number of carbonyl (C=O) groups excluding carboxylic acids is 1. The number of nitrogens with one attached hydrogen (secondary N) is 2. The molecular formula is C19H30ClN3O3S. The van der Waals surface area contributed by atoms with Crippen LogP contribution in [0.25, 0.3) is 0 Å². The molecule has 152 valence electrons. The summed E-state index contributed by atoms with van der Waals surface area (Å²) in [5.74, 6) is 0.878. The van der Waals surface area contributed by atoms with Gasteiger partial charge in [-0.3, -0.25) is 4.79 Å². The number of amides is 1. The lowest BCUT2D eigenvalue weighted by Crippen LogP contribution is -2.46. The lowest BCUT2D eigenvalue weighted by Gasteiger charge is -2.33. The molecule has 2 N–H and O–H groups in total. The molecule has 0 radical (unpaired) electrons. The zero-order chi connectivity index (χ0) is 18.4. The number of rotatable bonds is 6. The quantitative estimate of drug-likeness (QED) is 0.746. The molecule has 1 aromatic rings.